The standard InChI is InChI=1S/C30H58O7/c1-3-5-7-9-11-13-15-17-19-21-29(33)35-25-27(23-31)37-28(24-32)26-36-30(34)22-20-18-16-14-12-10-8-6-4-2/h27-28,31-32H,3-26H2,1-2H3. The molecule has 7 nitrogen and oxygen atoms in total. The van der Waals surface area contributed by atoms with E-state index in [9.17, 15) is 19.8 Å². The van der Waals surface area contributed by atoms with Crippen molar-refractivity contribution in [2.45, 2.75) is 154 Å². The van der Waals surface area contributed by atoms with Crippen LogP contribution in [0.1, 0.15) is 142 Å². The third-order valence-corrected chi connectivity index (χ3v) is 6.62. The van der Waals surface area contributed by atoms with Crippen LogP contribution < -0.4 is 0 Å². The first kappa shape index (κ1) is 35.8. The van der Waals surface area contributed by atoms with Crippen LogP contribution >= 0.6 is 0 Å². The van der Waals surface area contributed by atoms with E-state index in [1.165, 1.54) is 77.0 Å². The molecule has 0 saturated heterocycles. The predicted molar refractivity (Wildman–Crippen MR) is 148 cm³/mol. The molecule has 0 amide bonds. The number of carbonyl (C=O) groups is 2. The lowest BCUT2D eigenvalue weighted by Gasteiger charge is -2.22. The molecular formula is C30H58O7. The predicted octanol–water partition coefficient (Wildman–Crippen LogP) is 6.65. The Bertz CT molecular complexity index is 468. The number of hydrogen-bond acceptors (Lipinski definition) is 7. The third-order valence-electron chi connectivity index (χ3n) is 6.62. The molecule has 0 aliphatic heterocycles. The summed E-state index contributed by atoms with van der Waals surface area (Å²) in [6.07, 6.45) is 20.4. The number of carbonyl (C=O) groups excluding carboxylic acids is 2. The van der Waals surface area contributed by atoms with Gasteiger partial charge >= 0.3 is 11.9 Å². The molecule has 0 aromatic rings. The fraction of sp³-hybridized carbons (Fsp3) is 0.933. The molecule has 0 rings (SSSR count). The lowest BCUT2D eigenvalue weighted by atomic mass is 10.1. The van der Waals surface area contributed by atoms with Crippen molar-refractivity contribution in [3.05, 3.63) is 0 Å². The largest absolute Gasteiger partial charge is 0.463 e. The Morgan fingerprint density at radius 3 is 1.11 bits per heavy atom. The molecule has 7 heteroatoms. The number of rotatable bonds is 28. The molecular weight excluding hydrogens is 472 g/mol. The molecule has 0 aliphatic carbocycles. The van der Waals surface area contributed by atoms with E-state index < -0.39 is 12.2 Å². The quantitative estimate of drug-likeness (QED) is 0.0862. The van der Waals surface area contributed by atoms with E-state index in [1.54, 1.807) is 0 Å². The second-order valence-corrected chi connectivity index (χ2v) is 10.3. The van der Waals surface area contributed by atoms with E-state index in [0.717, 1.165) is 38.5 Å². The Morgan fingerprint density at radius 2 is 0.811 bits per heavy atom. The van der Waals surface area contributed by atoms with Crippen LogP contribution in [-0.4, -0.2) is 60.8 Å². The summed E-state index contributed by atoms with van der Waals surface area (Å²) in [6.45, 7) is 3.56. The highest BCUT2D eigenvalue weighted by atomic mass is 16.6. The van der Waals surface area contributed by atoms with Gasteiger partial charge in [-0.05, 0) is 12.8 Å². The monoisotopic (exact) mass is 530 g/mol. The molecule has 2 unspecified atom stereocenters. The minimum atomic E-state index is -0.764. The molecule has 37 heavy (non-hydrogen) atoms. The molecule has 2 N–H and O–H groups in total. The van der Waals surface area contributed by atoms with Crippen LogP contribution in [0, 0.1) is 0 Å². The van der Waals surface area contributed by atoms with Gasteiger partial charge in [-0.3, -0.25) is 9.59 Å². The van der Waals surface area contributed by atoms with Crippen LogP contribution in [0.2, 0.25) is 0 Å². The van der Waals surface area contributed by atoms with Crippen LogP contribution in [0.25, 0.3) is 0 Å². The molecule has 0 spiro atoms. The third kappa shape index (κ3) is 24.9. The van der Waals surface area contributed by atoms with Crippen LogP contribution in [0.5, 0.6) is 0 Å². The minimum absolute atomic E-state index is 0.0876. The molecule has 0 radical (unpaired) electrons. The van der Waals surface area contributed by atoms with E-state index in [4.69, 9.17) is 14.2 Å². The van der Waals surface area contributed by atoms with Gasteiger partial charge in [-0.2, -0.15) is 0 Å². The maximum absolute atomic E-state index is 12.0. The van der Waals surface area contributed by atoms with Gasteiger partial charge in [0, 0.05) is 12.8 Å². The van der Waals surface area contributed by atoms with Gasteiger partial charge < -0.3 is 24.4 Å². The summed E-state index contributed by atoms with van der Waals surface area (Å²) in [5, 5.41) is 19.1. The Hall–Kier alpha value is -1.18. The maximum atomic E-state index is 12.0. The van der Waals surface area contributed by atoms with Crippen molar-refractivity contribution in [1.29, 1.82) is 0 Å². The zero-order valence-corrected chi connectivity index (χ0v) is 24.1. The van der Waals surface area contributed by atoms with Gasteiger partial charge in [0.1, 0.15) is 25.4 Å². The summed E-state index contributed by atoms with van der Waals surface area (Å²) >= 11 is 0. The van der Waals surface area contributed by atoms with Gasteiger partial charge in [0.2, 0.25) is 0 Å². The van der Waals surface area contributed by atoms with Gasteiger partial charge in [-0.15, -0.1) is 0 Å². The summed E-state index contributed by atoms with van der Waals surface area (Å²) in [7, 11) is 0. The number of aliphatic hydroxyl groups is 2. The summed E-state index contributed by atoms with van der Waals surface area (Å²) in [6, 6.07) is 0. The molecule has 0 fully saturated rings. The SMILES string of the molecule is CCCCCCCCCCCC(=O)OCC(CO)OC(CO)COC(=O)CCCCCCCCCCC. The van der Waals surface area contributed by atoms with E-state index in [-0.39, 0.29) is 38.4 Å². The topological polar surface area (TPSA) is 102 Å². The second-order valence-electron chi connectivity index (χ2n) is 10.3. The molecule has 0 aliphatic rings. The highest BCUT2D eigenvalue weighted by molar-refractivity contribution is 5.69. The van der Waals surface area contributed by atoms with Crippen molar-refractivity contribution >= 4 is 11.9 Å². The molecule has 0 bridgehead atoms. The van der Waals surface area contributed by atoms with Crippen LogP contribution in [0.4, 0.5) is 0 Å². The van der Waals surface area contributed by atoms with E-state index in [1.807, 2.05) is 0 Å². The zero-order chi connectivity index (χ0) is 27.4. The fourth-order valence-corrected chi connectivity index (χ4v) is 4.22. The van der Waals surface area contributed by atoms with Crippen molar-refractivity contribution in [2.75, 3.05) is 26.4 Å². The maximum Gasteiger partial charge on any atom is 0.305 e. The lowest BCUT2D eigenvalue weighted by Crippen LogP contribution is -2.35. The lowest BCUT2D eigenvalue weighted by molar-refractivity contribution is -0.160. The van der Waals surface area contributed by atoms with Gasteiger partial charge in [-0.25, -0.2) is 0 Å². The highest BCUT2D eigenvalue weighted by Gasteiger charge is 2.19. The average molecular weight is 531 g/mol. The number of hydrogen-bond donors (Lipinski definition) is 2. The second kappa shape index (κ2) is 27.8. The first-order chi connectivity index (χ1) is 18.1. The van der Waals surface area contributed by atoms with Crippen molar-refractivity contribution in [2.24, 2.45) is 0 Å². The van der Waals surface area contributed by atoms with Crippen molar-refractivity contribution in [3.8, 4) is 0 Å². The summed E-state index contributed by atoms with van der Waals surface area (Å²) in [5.74, 6) is -0.615. The van der Waals surface area contributed by atoms with Gasteiger partial charge in [-0.1, -0.05) is 117 Å². The Labute approximate surface area is 227 Å². The molecule has 0 aromatic carbocycles. The van der Waals surface area contributed by atoms with Crippen LogP contribution in [0.15, 0.2) is 0 Å². The number of esters is 2. The smallest absolute Gasteiger partial charge is 0.305 e. The molecule has 220 valence electrons. The van der Waals surface area contributed by atoms with Crippen LogP contribution in [-0.2, 0) is 23.8 Å². The Morgan fingerprint density at radius 1 is 0.514 bits per heavy atom. The zero-order valence-electron chi connectivity index (χ0n) is 24.1. The summed E-state index contributed by atoms with van der Waals surface area (Å²) in [4.78, 5) is 24.0. The van der Waals surface area contributed by atoms with E-state index in [2.05, 4.69) is 13.8 Å². The number of aliphatic hydroxyl groups excluding tert-OH is 2. The highest BCUT2D eigenvalue weighted by Crippen LogP contribution is 2.12. The molecule has 0 heterocycles. The van der Waals surface area contributed by atoms with Gasteiger partial charge in [0.15, 0.2) is 0 Å². The van der Waals surface area contributed by atoms with Gasteiger partial charge in [0.05, 0.1) is 13.2 Å². The first-order valence-electron chi connectivity index (χ1n) is 15.3. The first-order valence-corrected chi connectivity index (χ1v) is 15.3. The summed E-state index contributed by atoms with van der Waals surface area (Å²) < 4.78 is 16.1. The Balaban J connectivity index is 3.84. The number of ether oxygens (including phenoxy) is 3. The van der Waals surface area contributed by atoms with E-state index >= 15 is 0 Å². The van der Waals surface area contributed by atoms with Gasteiger partial charge in [0.25, 0.3) is 0 Å². The van der Waals surface area contributed by atoms with E-state index in [0.29, 0.717) is 12.8 Å². The van der Waals surface area contributed by atoms with Crippen molar-refractivity contribution in [3.63, 3.8) is 0 Å². The molecule has 0 aromatic heterocycles. The van der Waals surface area contributed by atoms with Crippen molar-refractivity contribution in [1.82, 2.24) is 0 Å². The molecule has 0 saturated carbocycles. The number of unbranched alkanes of at least 4 members (excludes halogenated alkanes) is 16. The minimum Gasteiger partial charge on any atom is -0.463 e. The van der Waals surface area contributed by atoms with Crippen LogP contribution in [0.3, 0.4) is 0 Å². The Kier molecular flexibility index (Phi) is 27.0. The fourth-order valence-electron chi connectivity index (χ4n) is 4.22. The normalized spacial score (nSPS) is 12.9. The summed E-state index contributed by atoms with van der Waals surface area (Å²) in [5.41, 5.74) is 0. The van der Waals surface area contributed by atoms with Crippen molar-refractivity contribution < 1.29 is 34.0 Å². The molecule has 2 atom stereocenters. The average Bonchev–Trinajstić information content (AvgIpc) is 2.90.